The number of nitrogens with zero attached hydrogens (tertiary/aromatic N) is 4. The van der Waals surface area contributed by atoms with Gasteiger partial charge in [-0.1, -0.05) is 20.8 Å². The van der Waals surface area contributed by atoms with E-state index in [-0.39, 0.29) is 42.0 Å². The summed E-state index contributed by atoms with van der Waals surface area (Å²) < 4.78 is 62.0. The van der Waals surface area contributed by atoms with E-state index in [1.807, 2.05) is 6.92 Å². The highest BCUT2D eigenvalue weighted by Crippen LogP contribution is 2.61. The van der Waals surface area contributed by atoms with Gasteiger partial charge in [0.1, 0.15) is 36.3 Å². The Morgan fingerprint density at radius 3 is 2.41 bits per heavy atom. The number of hydrogen-bond acceptors (Lipinski definition) is 18. The monoisotopic (exact) mass is 853 g/mol. The molecule has 2 aromatic heterocycles. The summed E-state index contributed by atoms with van der Waals surface area (Å²) in [6.07, 6.45) is -5.83. The first-order valence-corrected chi connectivity index (χ1v) is 21.9. The van der Waals surface area contributed by atoms with Gasteiger partial charge in [-0.3, -0.25) is 27.7 Å². The summed E-state index contributed by atoms with van der Waals surface area (Å²) in [7, 11) is -16.3. The number of aliphatic hydroxyl groups is 3. The topological polar surface area (TPSA) is 367 Å². The lowest BCUT2D eigenvalue weighted by Gasteiger charge is -2.30. The summed E-state index contributed by atoms with van der Waals surface area (Å²) in [5.41, 5.74) is 4.29. The van der Waals surface area contributed by atoms with Gasteiger partial charge in [0.2, 0.25) is 11.8 Å². The van der Waals surface area contributed by atoms with Crippen LogP contribution in [0, 0.1) is 5.41 Å². The molecule has 0 aliphatic carbocycles. The van der Waals surface area contributed by atoms with Crippen molar-refractivity contribution in [1.29, 1.82) is 0 Å². The lowest BCUT2D eigenvalue weighted by Crippen LogP contribution is -2.46. The molecule has 8 atom stereocenters. The average Bonchev–Trinajstić information content (AvgIpc) is 3.64. The van der Waals surface area contributed by atoms with Crippen LogP contribution in [0.25, 0.3) is 11.2 Å². The molecular weight excluding hydrogens is 807 g/mol. The van der Waals surface area contributed by atoms with E-state index in [4.69, 9.17) is 19.5 Å². The van der Waals surface area contributed by atoms with Gasteiger partial charge in [0.25, 0.3) is 0 Å². The van der Waals surface area contributed by atoms with Crippen LogP contribution in [0.5, 0.6) is 0 Å². The maximum Gasteiger partial charge on any atom is 0.481 e. The minimum absolute atomic E-state index is 0.0350. The van der Waals surface area contributed by atoms with Crippen molar-refractivity contribution in [3.8, 4) is 0 Å². The number of amides is 2. The van der Waals surface area contributed by atoms with E-state index in [9.17, 15) is 58.2 Å². The zero-order valence-corrected chi connectivity index (χ0v) is 32.8. The Labute approximate surface area is 313 Å². The molecule has 2 amide bonds. The second kappa shape index (κ2) is 19.8. The number of nitrogens with two attached hydrogens (primary N) is 1. The Balaban J connectivity index is 1.49. The SMILES string of the molecule is CCC(O)CCSCCNC(=O)CCNC(=O)C(O)C(C)(C)COP(=O)(O)OP(=O)(O)OC[C@H]1O[C@@H](n2cnc3c(N)ncnc32)[C@H](O)[C@@H]1OP(=O)(O)O. The molecule has 1 saturated heterocycles. The molecular formula is C26H46N7O17P3S. The number of aromatic nitrogens is 4. The van der Waals surface area contributed by atoms with Crippen molar-refractivity contribution in [2.75, 3.05) is 43.5 Å². The molecule has 0 saturated carbocycles. The minimum atomic E-state index is -5.55. The molecule has 308 valence electrons. The van der Waals surface area contributed by atoms with Crippen LogP contribution in [0.4, 0.5) is 5.82 Å². The van der Waals surface area contributed by atoms with Gasteiger partial charge >= 0.3 is 23.5 Å². The summed E-state index contributed by atoms with van der Waals surface area (Å²) in [6, 6.07) is 0. The Hall–Kier alpha value is -2.15. The zero-order valence-electron chi connectivity index (χ0n) is 29.3. The Morgan fingerprint density at radius 2 is 1.74 bits per heavy atom. The van der Waals surface area contributed by atoms with E-state index in [0.717, 1.165) is 23.0 Å². The normalized spacial score (nSPS) is 22.7. The van der Waals surface area contributed by atoms with E-state index >= 15 is 0 Å². The second-order valence-electron chi connectivity index (χ2n) is 12.5. The quantitative estimate of drug-likeness (QED) is 0.0488. The van der Waals surface area contributed by atoms with Crippen molar-refractivity contribution >= 4 is 64.0 Å². The number of carbonyl (C=O) groups excluding carboxylic acids is 2. The molecule has 0 bridgehead atoms. The smallest absolute Gasteiger partial charge is 0.393 e. The second-order valence-corrected chi connectivity index (χ2v) is 18.0. The number of hydrogen-bond donors (Lipinski definition) is 10. The fourth-order valence-corrected chi connectivity index (χ4v) is 8.45. The third-order valence-corrected chi connectivity index (χ3v) is 11.8. The Kier molecular flexibility index (Phi) is 17.0. The molecule has 1 fully saturated rings. The fraction of sp³-hybridized carbons (Fsp3) is 0.731. The molecule has 4 unspecified atom stereocenters. The summed E-state index contributed by atoms with van der Waals surface area (Å²) >= 11 is 1.57. The number of anilines is 1. The van der Waals surface area contributed by atoms with Crippen molar-refractivity contribution in [1.82, 2.24) is 30.2 Å². The van der Waals surface area contributed by atoms with Crippen LogP contribution in [0.3, 0.4) is 0 Å². The molecule has 0 radical (unpaired) electrons. The van der Waals surface area contributed by atoms with E-state index in [1.54, 1.807) is 11.8 Å². The molecule has 2 aromatic rings. The molecule has 0 spiro atoms. The fourth-order valence-electron chi connectivity index (χ4n) is 4.73. The van der Waals surface area contributed by atoms with Crippen LogP contribution in [0.1, 0.15) is 46.3 Å². The first-order chi connectivity index (χ1) is 25.1. The number of nitrogens with one attached hydrogen (secondary N) is 2. The van der Waals surface area contributed by atoms with Crippen molar-refractivity contribution < 1.29 is 80.8 Å². The lowest BCUT2D eigenvalue weighted by molar-refractivity contribution is -0.137. The maximum absolute atomic E-state index is 12.7. The largest absolute Gasteiger partial charge is 0.481 e. The first-order valence-electron chi connectivity index (χ1n) is 16.2. The van der Waals surface area contributed by atoms with Crippen LogP contribution < -0.4 is 16.4 Å². The van der Waals surface area contributed by atoms with Gasteiger partial charge in [-0.2, -0.15) is 16.1 Å². The van der Waals surface area contributed by atoms with Gasteiger partial charge in [0.05, 0.1) is 25.6 Å². The van der Waals surface area contributed by atoms with Crippen LogP contribution in [0.15, 0.2) is 12.7 Å². The molecule has 54 heavy (non-hydrogen) atoms. The molecule has 3 heterocycles. The van der Waals surface area contributed by atoms with E-state index in [1.165, 1.54) is 13.8 Å². The molecule has 1 aliphatic rings. The molecule has 11 N–H and O–H groups in total. The number of phosphoric ester groups is 3. The average molecular weight is 854 g/mol. The molecule has 24 nitrogen and oxygen atoms in total. The first kappa shape index (κ1) is 46.2. The molecule has 1 aliphatic heterocycles. The number of aliphatic hydroxyl groups excluding tert-OH is 3. The van der Waals surface area contributed by atoms with Gasteiger partial charge in [0.15, 0.2) is 17.7 Å². The highest BCUT2D eigenvalue weighted by molar-refractivity contribution is 7.99. The van der Waals surface area contributed by atoms with Crippen LogP contribution in [0.2, 0.25) is 0 Å². The van der Waals surface area contributed by atoms with Gasteiger partial charge in [-0.15, -0.1) is 0 Å². The van der Waals surface area contributed by atoms with E-state index in [2.05, 4.69) is 34.4 Å². The number of phosphoric acid groups is 3. The predicted octanol–water partition coefficient (Wildman–Crippen LogP) is -0.701. The van der Waals surface area contributed by atoms with Gasteiger partial charge in [-0.25, -0.2) is 28.6 Å². The third-order valence-electron chi connectivity index (χ3n) is 7.71. The van der Waals surface area contributed by atoms with Gasteiger partial charge in [0, 0.05) is 30.7 Å². The number of nitrogen functional groups attached to an aromatic ring is 1. The van der Waals surface area contributed by atoms with Crippen molar-refractivity contribution in [2.24, 2.45) is 5.41 Å². The van der Waals surface area contributed by atoms with Gasteiger partial charge in [-0.05, 0) is 18.6 Å². The van der Waals surface area contributed by atoms with Crippen LogP contribution in [-0.4, -0.2) is 135 Å². The number of fused-ring (bicyclic) bond motifs is 1. The Morgan fingerprint density at radius 1 is 1.06 bits per heavy atom. The van der Waals surface area contributed by atoms with E-state index < -0.39 is 78.6 Å². The molecule has 3 rings (SSSR count). The summed E-state index contributed by atoms with van der Waals surface area (Å²) in [4.78, 5) is 75.4. The predicted molar refractivity (Wildman–Crippen MR) is 188 cm³/mol. The van der Waals surface area contributed by atoms with Gasteiger partial charge < -0.3 is 56.0 Å². The zero-order chi connectivity index (χ0) is 40.5. The summed E-state index contributed by atoms with van der Waals surface area (Å²) in [5.74, 6) is 0.0251. The summed E-state index contributed by atoms with van der Waals surface area (Å²) in [5, 5.41) is 36.0. The lowest BCUT2D eigenvalue weighted by atomic mass is 9.87. The minimum Gasteiger partial charge on any atom is -0.393 e. The number of thioether (sulfide) groups is 1. The molecule has 28 heteroatoms. The Bertz CT molecular complexity index is 1720. The molecule has 0 aromatic carbocycles. The maximum atomic E-state index is 12.7. The number of imidazole rings is 1. The highest BCUT2D eigenvalue weighted by Gasteiger charge is 2.50. The third kappa shape index (κ3) is 14.1. The van der Waals surface area contributed by atoms with E-state index in [0.29, 0.717) is 25.1 Å². The van der Waals surface area contributed by atoms with Crippen LogP contribution in [-0.2, 0) is 45.9 Å². The summed E-state index contributed by atoms with van der Waals surface area (Å²) in [6.45, 7) is 2.65. The van der Waals surface area contributed by atoms with Crippen LogP contribution >= 0.6 is 35.2 Å². The van der Waals surface area contributed by atoms with Crippen molar-refractivity contribution in [2.45, 2.75) is 76.8 Å². The number of ether oxygens (including phenoxy) is 1. The number of carbonyl (C=O) groups is 2. The van der Waals surface area contributed by atoms with Crippen molar-refractivity contribution in [3.63, 3.8) is 0 Å². The van der Waals surface area contributed by atoms with Crippen molar-refractivity contribution in [3.05, 3.63) is 12.7 Å². The number of rotatable bonds is 23. The standard InChI is InChI=1S/C26H46N7O17P3S/c1-4-15(34)6-9-54-10-8-28-17(35)5-7-29-24(38)21(37)26(2,3)12-47-53(44,45)50-52(42,43)46-11-16-20(49-51(39,40)41)19(36)25(48-16)33-14-32-18-22(27)30-13-31-23(18)33/h13-16,19-21,25,34,36-37H,4-12H2,1-3H3,(H,28,35)(H,29,38)(H,42,43)(H,44,45)(H2,27,30,31)(H2,39,40,41)/t15?,16-,19-,20-,21?,25-/m1/s1. The highest BCUT2D eigenvalue weighted by atomic mass is 32.2.